The molecule has 132 valence electrons. The van der Waals surface area contributed by atoms with Crippen molar-refractivity contribution in [2.24, 2.45) is 5.73 Å². The van der Waals surface area contributed by atoms with Crippen LogP contribution in [0.5, 0.6) is 0 Å². The van der Waals surface area contributed by atoms with Gasteiger partial charge in [-0.25, -0.2) is 26.3 Å². The van der Waals surface area contributed by atoms with Gasteiger partial charge in [-0.1, -0.05) is 12.1 Å². The van der Waals surface area contributed by atoms with Gasteiger partial charge in [0, 0.05) is 5.75 Å². The van der Waals surface area contributed by atoms with Crippen molar-refractivity contribution in [3.05, 3.63) is 75.2 Å². The summed E-state index contributed by atoms with van der Waals surface area (Å²) in [5.74, 6) is -12.2. The second-order valence-corrected chi connectivity index (χ2v) is 5.79. The van der Waals surface area contributed by atoms with E-state index in [1.54, 1.807) is 0 Å². The summed E-state index contributed by atoms with van der Waals surface area (Å²) in [6, 6.07) is 5.12. The molecular formula is C16H9F6NOS. The van der Waals surface area contributed by atoms with E-state index < -0.39 is 51.3 Å². The van der Waals surface area contributed by atoms with Crippen molar-refractivity contribution >= 4 is 23.7 Å². The minimum atomic E-state index is -2.30. The Labute approximate surface area is 142 Å². The van der Waals surface area contributed by atoms with Gasteiger partial charge in [-0.15, -0.1) is 11.8 Å². The number of nitrogens with two attached hydrogens (primary N) is 1. The van der Waals surface area contributed by atoms with E-state index in [1.807, 2.05) is 0 Å². The highest BCUT2D eigenvalue weighted by atomic mass is 32.2. The molecule has 0 saturated carbocycles. The maximum absolute atomic E-state index is 13.7. The van der Waals surface area contributed by atoms with Gasteiger partial charge in [0.05, 0.1) is 10.5 Å². The van der Waals surface area contributed by atoms with Gasteiger partial charge < -0.3 is 5.73 Å². The van der Waals surface area contributed by atoms with Crippen LogP contribution in [0, 0.1) is 34.9 Å². The molecule has 0 spiro atoms. The molecule has 2 aromatic carbocycles. The minimum Gasteiger partial charge on any atom is -0.365 e. The minimum absolute atomic E-state index is 0.0600. The van der Waals surface area contributed by atoms with Crippen molar-refractivity contribution in [2.45, 2.75) is 5.75 Å². The third-order valence-corrected chi connectivity index (χ3v) is 4.18. The van der Waals surface area contributed by atoms with Gasteiger partial charge in [0.2, 0.25) is 5.82 Å². The van der Waals surface area contributed by atoms with Gasteiger partial charge >= 0.3 is 0 Å². The highest BCUT2D eigenvalue weighted by Gasteiger charge is 2.25. The maximum Gasteiger partial charge on any atom is 0.255 e. The van der Waals surface area contributed by atoms with Crippen LogP contribution in [0.4, 0.5) is 26.3 Å². The molecule has 1 amide bonds. The topological polar surface area (TPSA) is 43.1 Å². The number of halogens is 6. The van der Waals surface area contributed by atoms with Crippen LogP contribution in [-0.2, 0) is 10.5 Å². The molecule has 2 aromatic rings. The van der Waals surface area contributed by atoms with Crippen LogP contribution < -0.4 is 5.73 Å². The monoisotopic (exact) mass is 377 g/mol. The van der Waals surface area contributed by atoms with E-state index in [2.05, 4.69) is 0 Å². The summed E-state index contributed by atoms with van der Waals surface area (Å²) in [7, 11) is 0. The Morgan fingerprint density at radius 2 is 1.36 bits per heavy atom. The largest absolute Gasteiger partial charge is 0.365 e. The van der Waals surface area contributed by atoms with Crippen LogP contribution in [0.25, 0.3) is 6.08 Å². The van der Waals surface area contributed by atoms with Crippen LogP contribution in [0.2, 0.25) is 0 Å². The molecular weight excluding hydrogens is 368 g/mol. The van der Waals surface area contributed by atoms with Gasteiger partial charge in [-0.05, 0) is 23.8 Å². The fraction of sp³-hybridized carbons (Fsp3) is 0.0625. The number of hydrogen-bond donors (Lipinski definition) is 1. The zero-order chi connectivity index (χ0) is 18.7. The van der Waals surface area contributed by atoms with E-state index >= 15 is 0 Å². The Morgan fingerprint density at radius 1 is 0.880 bits per heavy atom. The molecule has 2 rings (SSSR count). The fourth-order valence-corrected chi connectivity index (χ4v) is 2.66. The number of rotatable bonds is 5. The van der Waals surface area contributed by atoms with Crippen LogP contribution in [0.15, 0.2) is 29.2 Å². The Balaban J connectivity index is 2.37. The number of hydrogen-bond acceptors (Lipinski definition) is 2. The molecule has 9 heteroatoms. The highest BCUT2D eigenvalue weighted by molar-refractivity contribution is 8.03. The van der Waals surface area contributed by atoms with Crippen molar-refractivity contribution in [1.29, 1.82) is 0 Å². The average Bonchev–Trinajstić information content (AvgIpc) is 2.59. The Morgan fingerprint density at radius 3 is 1.84 bits per heavy atom. The van der Waals surface area contributed by atoms with Crippen LogP contribution in [-0.4, -0.2) is 5.91 Å². The molecule has 0 fully saturated rings. The third kappa shape index (κ3) is 4.16. The van der Waals surface area contributed by atoms with Gasteiger partial charge in [-0.2, -0.15) is 0 Å². The normalized spacial score (nSPS) is 11.7. The lowest BCUT2D eigenvalue weighted by Crippen LogP contribution is -2.13. The summed E-state index contributed by atoms with van der Waals surface area (Å²) in [5.41, 5.74) is 4.37. The van der Waals surface area contributed by atoms with Crippen LogP contribution in [0.3, 0.4) is 0 Å². The number of primary amides is 1. The molecule has 0 aliphatic rings. The van der Waals surface area contributed by atoms with Crippen LogP contribution >= 0.6 is 11.8 Å². The summed E-state index contributed by atoms with van der Waals surface area (Å²) in [6.45, 7) is 0. The van der Waals surface area contributed by atoms with Crippen molar-refractivity contribution in [2.75, 3.05) is 0 Å². The van der Waals surface area contributed by atoms with Gasteiger partial charge in [-0.3, -0.25) is 4.79 Å². The zero-order valence-electron chi connectivity index (χ0n) is 12.3. The predicted molar refractivity (Wildman–Crippen MR) is 81.1 cm³/mol. The molecule has 2 nitrogen and oxygen atoms in total. The number of amides is 1. The SMILES string of the molecule is NC(=O)/C(=C\c1c(F)c(F)c(F)c(F)c1F)SCc1ccc(F)cc1. The fourth-order valence-electron chi connectivity index (χ4n) is 1.81. The summed E-state index contributed by atoms with van der Waals surface area (Å²) < 4.78 is 79.6. The molecule has 0 unspecified atom stereocenters. The Kier molecular flexibility index (Phi) is 5.78. The lowest BCUT2D eigenvalue weighted by atomic mass is 10.1. The quantitative estimate of drug-likeness (QED) is 0.366. The molecule has 0 aromatic heterocycles. The lowest BCUT2D eigenvalue weighted by Gasteiger charge is -2.07. The first-order valence-electron chi connectivity index (χ1n) is 6.62. The van der Waals surface area contributed by atoms with E-state index in [-0.39, 0.29) is 5.75 Å². The summed E-state index contributed by atoms with van der Waals surface area (Å²) in [4.78, 5) is 11.0. The smallest absolute Gasteiger partial charge is 0.255 e. The molecule has 0 heterocycles. The first-order chi connectivity index (χ1) is 11.7. The molecule has 0 radical (unpaired) electrons. The van der Waals surface area contributed by atoms with Gasteiger partial charge in [0.25, 0.3) is 5.91 Å². The molecule has 0 saturated heterocycles. The summed E-state index contributed by atoms with van der Waals surface area (Å²) >= 11 is 0.709. The standard InChI is InChI=1S/C16H9F6NOS/c17-8-3-1-7(2-4-8)6-25-10(16(23)24)5-9-11(18)13(20)15(22)14(21)12(9)19/h1-5H,6H2,(H2,23,24)/b10-5+. The van der Waals surface area contributed by atoms with Gasteiger partial charge in [0.15, 0.2) is 23.3 Å². The van der Waals surface area contributed by atoms with Crippen molar-refractivity contribution < 1.29 is 31.1 Å². The van der Waals surface area contributed by atoms with E-state index in [9.17, 15) is 31.1 Å². The molecule has 0 aliphatic carbocycles. The summed E-state index contributed by atoms with van der Waals surface area (Å²) in [5, 5.41) is 0. The van der Waals surface area contributed by atoms with E-state index in [1.165, 1.54) is 12.1 Å². The average molecular weight is 377 g/mol. The van der Waals surface area contributed by atoms with Crippen LogP contribution in [0.1, 0.15) is 11.1 Å². The number of carbonyl (C=O) groups is 1. The second kappa shape index (κ2) is 7.64. The number of thioether (sulfide) groups is 1. The van der Waals surface area contributed by atoms with E-state index in [0.717, 1.165) is 12.1 Å². The lowest BCUT2D eigenvalue weighted by molar-refractivity contribution is -0.113. The highest BCUT2D eigenvalue weighted by Crippen LogP contribution is 2.29. The third-order valence-electron chi connectivity index (χ3n) is 3.07. The zero-order valence-corrected chi connectivity index (χ0v) is 13.1. The predicted octanol–water partition coefficient (Wildman–Crippen LogP) is 4.28. The van der Waals surface area contributed by atoms with E-state index in [0.29, 0.717) is 23.4 Å². The maximum atomic E-state index is 13.7. The molecule has 2 N–H and O–H groups in total. The Hall–Kier alpha value is -2.42. The van der Waals surface area contributed by atoms with Crippen molar-refractivity contribution in [3.63, 3.8) is 0 Å². The number of benzene rings is 2. The molecule has 25 heavy (non-hydrogen) atoms. The van der Waals surface area contributed by atoms with Crippen molar-refractivity contribution in [1.82, 2.24) is 0 Å². The first-order valence-corrected chi connectivity index (χ1v) is 7.61. The van der Waals surface area contributed by atoms with E-state index in [4.69, 9.17) is 5.73 Å². The van der Waals surface area contributed by atoms with Crippen molar-refractivity contribution in [3.8, 4) is 0 Å². The molecule has 0 atom stereocenters. The molecule has 0 aliphatic heterocycles. The Bertz CT molecular complexity index is 822. The summed E-state index contributed by atoms with van der Waals surface area (Å²) in [6.07, 6.45) is 0.493. The first kappa shape index (κ1) is 18.9. The number of carbonyl (C=O) groups excluding carboxylic acids is 1. The second-order valence-electron chi connectivity index (χ2n) is 4.77. The molecule has 0 bridgehead atoms. The van der Waals surface area contributed by atoms with Gasteiger partial charge in [0.1, 0.15) is 5.82 Å².